The van der Waals surface area contributed by atoms with Gasteiger partial charge in [0.25, 0.3) is 0 Å². The van der Waals surface area contributed by atoms with Gasteiger partial charge >= 0.3 is 0 Å². The molecule has 1 nitrogen and oxygen atoms in total. The summed E-state index contributed by atoms with van der Waals surface area (Å²) in [5, 5.41) is 0. The highest BCUT2D eigenvalue weighted by atomic mass is 32.2. The fourth-order valence-electron chi connectivity index (χ4n) is 0.915. The van der Waals surface area contributed by atoms with Crippen LogP contribution in [0.4, 0.5) is 4.39 Å². The molecule has 0 aromatic heterocycles. The molecule has 0 bridgehead atoms. The van der Waals surface area contributed by atoms with Gasteiger partial charge in [0.05, 0.1) is 0 Å². The molecular formula is C9H11FOS. The van der Waals surface area contributed by atoms with Crippen LogP contribution in [0, 0.1) is 5.82 Å². The van der Waals surface area contributed by atoms with Crippen LogP contribution in [0.15, 0.2) is 24.3 Å². The lowest BCUT2D eigenvalue weighted by atomic mass is 10.2. The van der Waals surface area contributed by atoms with Gasteiger partial charge in [0, 0.05) is 22.3 Å². The predicted molar refractivity (Wildman–Crippen MR) is 48.8 cm³/mol. The summed E-state index contributed by atoms with van der Waals surface area (Å²) in [5.41, 5.74) is 0.801. The summed E-state index contributed by atoms with van der Waals surface area (Å²) in [4.78, 5) is 0. The average Bonchev–Trinajstić information content (AvgIpc) is 2.04. The van der Waals surface area contributed by atoms with Gasteiger partial charge in [-0.2, -0.15) is 0 Å². The van der Waals surface area contributed by atoms with Crippen LogP contribution in [0.5, 0.6) is 0 Å². The van der Waals surface area contributed by atoms with Gasteiger partial charge in [-0.15, -0.1) is 0 Å². The molecule has 0 fully saturated rings. The average molecular weight is 186 g/mol. The molecule has 1 aromatic rings. The molecule has 0 N–H and O–H groups in total. The van der Waals surface area contributed by atoms with Crippen molar-refractivity contribution in [3.05, 3.63) is 35.6 Å². The van der Waals surface area contributed by atoms with E-state index in [9.17, 15) is 8.60 Å². The summed E-state index contributed by atoms with van der Waals surface area (Å²) in [6, 6.07) is 6.24. The molecule has 0 aliphatic carbocycles. The molecule has 1 aromatic carbocycles. The molecule has 1 rings (SSSR count). The van der Waals surface area contributed by atoms with E-state index in [1.54, 1.807) is 12.1 Å². The van der Waals surface area contributed by atoms with E-state index in [0.29, 0.717) is 11.5 Å². The Hall–Kier alpha value is -0.700. The molecule has 66 valence electrons. The molecule has 0 saturated heterocycles. The second-order valence-electron chi connectivity index (χ2n) is 2.50. The number of rotatable bonds is 3. The van der Waals surface area contributed by atoms with Gasteiger partial charge in [0.1, 0.15) is 5.82 Å². The molecule has 1 atom stereocenters. The number of hydrogen-bond acceptors (Lipinski definition) is 1. The van der Waals surface area contributed by atoms with Crippen molar-refractivity contribution in [2.75, 3.05) is 5.75 Å². The van der Waals surface area contributed by atoms with Gasteiger partial charge < -0.3 is 0 Å². The molecule has 0 spiro atoms. The van der Waals surface area contributed by atoms with Crippen molar-refractivity contribution < 1.29 is 8.60 Å². The Balaban J connectivity index is 2.69. The Morgan fingerprint density at radius 3 is 2.83 bits per heavy atom. The number of benzene rings is 1. The minimum Gasteiger partial charge on any atom is -0.259 e. The van der Waals surface area contributed by atoms with E-state index < -0.39 is 10.8 Å². The standard InChI is InChI=1S/C9H11FOS/c1-2-12(11)7-8-4-3-5-9(10)6-8/h3-6H,2,7H2,1H3. The summed E-state index contributed by atoms with van der Waals surface area (Å²) >= 11 is 0. The smallest absolute Gasteiger partial charge is 0.123 e. The van der Waals surface area contributed by atoms with E-state index in [2.05, 4.69) is 0 Å². The maximum absolute atomic E-state index is 12.6. The predicted octanol–water partition coefficient (Wildman–Crippen LogP) is 2.09. The fourth-order valence-corrected chi connectivity index (χ4v) is 1.67. The quantitative estimate of drug-likeness (QED) is 0.706. The topological polar surface area (TPSA) is 17.1 Å². The Morgan fingerprint density at radius 2 is 2.25 bits per heavy atom. The highest BCUT2D eigenvalue weighted by molar-refractivity contribution is 7.84. The molecule has 1 unspecified atom stereocenters. The fraction of sp³-hybridized carbons (Fsp3) is 0.333. The van der Waals surface area contributed by atoms with Crippen molar-refractivity contribution >= 4 is 10.8 Å². The first-order valence-electron chi connectivity index (χ1n) is 3.82. The second-order valence-corrected chi connectivity index (χ2v) is 4.25. The van der Waals surface area contributed by atoms with E-state index >= 15 is 0 Å². The summed E-state index contributed by atoms with van der Waals surface area (Å²) in [6.07, 6.45) is 0. The maximum Gasteiger partial charge on any atom is 0.123 e. The van der Waals surface area contributed by atoms with E-state index in [1.807, 2.05) is 6.92 Å². The zero-order valence-electron chi connectivity index (χ0n) is 6.92. The highest BCUT2D eigenvalue weighted by Crippen LogP contribution is 2.06. The van der Waals surface area contributed by atoms with Crippen molar-refractivity contribution in [2.24, 2.45) is 0 Å². The van der Waals surface area contributed by atoms with Crippen molar-refractivity contribution in [3.63, 3.8) is 0 Å². The first kappa shape index (κ1) is 9.39. The number of halogens is 1. The van der Waals surface area contributed by atoms with Crippen LogP contribution in [-0.4, -0.2) is 9.96 Å². The normalized spacial score (nSPS) is 12.8. The number of hydrogen-bond donors (Lipinski definition) is 0. The Kier molecular flexibility index (Phi) is 3.41. The molecule has 12 heavy (non-hydrogen) atoms. The van der Waals surface area contributed by atoms with Crippen LogP contribution in [0.2, 0.25) is 0 Å². The lowest BCUT2D eigenvalue weighted by molar-refractivity contribution is 0.626. The van der Waals surface area contributed by atoms with Crippen LogP contribution in [0.25, 0.3) is 0 Å². The van der Waals surface area contributed by atoms with Gasteiger partial charge in [-0.05, 0) is 17.7 Å². The summed E-state index contributed by atoms with van der Waals surface area (Å²) in [5.74, 6) is 0.811. The maximum atomic E-state index is 12.6. The van der Waals surface area contributed by atoms with E-state index in [1.165, 1.54) is 12.1 Å². The van der Waals surface area contributed by atoms with Crippen LogP contribution in [-0.2, 0) is 16.6 Å². The Morgan fingerprint density at radius 1 is 1.50 bits per heavy atom. The van der Waals surface area contributed by atoms with E-state index in [4.69, 9.17) is 0 Å². The van der Waals surface area contributed by atoms with Gasteiger partial charge in [-0.1, -0.05) is 19.1 Å². The lowest BCUT2D eigenvalue weighted by Gasteiger charge is -1.98. The molecule has 0 amide bonds. The van der Waals surface area contributed by atoms with Crippen LogP contribution >= 0.6 is 0 Å². The Bertz CT molecular complexity index is 286. The van der Waals surface area contributed by atoms with Gasteiger partial charge in [-0.25, -0.2) is 4.39 Å². The molecule has 0 aliphatic heterocycles. The van der Waals surface area contributed by atoms with Crippen molar-refractivity contribution in [1.82, 2.24) is 0 Å². The van der Waals surface area contributed by atoms with Crippen LogP contribution in [0.1, 0.15) is 12.5 Å². The largest absolute Gasteiger partial charge is 0.259 e. The van der Waals surface area contributed by atoms with Gasteiger partial charge in [0.2, 0.25) is 0 Å². The van der Waals surface area contributed by atoms with Crippen molar-refractivity contribution in [2.45, 2.75) is 12.7 Å². The summed E-state index contributed by atoms with van der Waals surface area (Å²) in [6.45, 7) is 1.86. The molecule has 3 heteroatoms. The first-order chi connectivity index (χ1) is 5.72. The minimum absolute atomic E-state index is 0.263. The van der Waals surface area contributed by atoms with Gasteiger partial charge in [0.15, 0.2) is 0 Å². The van der Waals surface area contributed by atoms with Crippen LogP contribution in [0.3, 0.4) is 0 Å². The first-order valence-corrected chi connectivity index (χ1v) is 5.30. The lowest BCUT2D eigenvalue weighted by Crippen LogP contribution is -1.97. The van der Waals surface area contributed by atoms with Crippen molar-refractivity contribution in [1.29, 1.82) is 0 Å². The summed E-state index contributed by atoms with van der Waals surface area (Å²) in [7, 11) is -0.853. The molecule has 0 heterocycles. The molecule has 0 saturated carbocycles. The SMILES string of the molecule is CCS(=O)Cc1cccc(F)c1. The molecular weight excluding hydrogens is 175 g/mol. The third-order valence-corrected chi connectivity index (χ3v) is 2.84. The molecule has 0 radical (unpaired) electrons. The second kappa shape index (κ2) is 4.36. The van der Waals surface area contributed by atoms with E-state index in [0.717, 1.165) is 5.56 Å². The monoisotopic (exact) mass is 186 g/mol. The molecule has 0 aliphatic rings. The summed E-state index contributed by atoms with van der Waals surface area (Å²) < 4.78 is 23.7. The highest BCUT2D eigenvalue weighted by Gasteiger charge is 1.99. The third-order valence-electron chi connectivity index (χ3n) is 1.54. The van der Waals surface area contributed by atoms with Gasteiger partial charge in [-0.3, -0.25) is 4.21 Å². The minimum atomic E-state index is -0.853. The van der Waals surface area contributed by atoms with Crippen LogP contribution < -0.4 is 0 Å². The zero-order chi connectivity index (χ0) is 8.97. The Labute approximate surface area is 74.1 Å². The van der Waals surface area contributed by atoms with E-state index in [-0.39, 0.29) is 5.82 Å². The third kappa shape index (κ3) is 2.74. The van der Waals surface area contributed by atoms with Crippen molar-refractivity contribution in [3.8, 4) is 0 Å². The zero-order valence-corrected chi connectivity index (χ0v) is 7.73.